The van der Waals surface area contributed by atoms with Crippen molar-refractivity contribution >= 4 is 16.8 Å². The first kappa shape index (κ1) is 18.7. The molecule has 0 saturated carbocycles. The van der Waals surface area contributed by atoms with Crippen molar-refractivity contribution in [2.45, 2.75) is 13.0 Å². The second-order valence-electron chi connectivity index (χ2n) is 6.65. The van der Waals surface area contributed by atoms with E-state index in [1.165, 1.54) is 12.1 Å². The molecule has 0 atom stereocenters. The predicted octanol–water partition coefficient (Wildman–Crippen LogP) is 4.45. The Kier molecular flexibility index (Phi) is 5.52. The molecule has 1 aromatic heterocycles. The average Bonchev–Trinajstić information content (AvgIpc) is 3.16. The van der Waals surface area contributed by atoms with Gasteiger partial charge in [-0.3, -0.25) is 9.89 Å². The fourth-order valence-electron chi connectivity index (χ4n) is 3.09. The maximum atomic E-state index is 13.6. The van der Waals surface area contributed by atoms with Crippen molar-refractivity contribution < 1.29 is 13.9 Å². The molecule has 0 bridgehead atoms. The van der Waals surface area contributed by atoms with Crippen LogP contribution in [0, 0.1) is 5.82 Å². The number of benzene rings is 3. The highest BCUT2D eigenvalue weighted by molar-refractivity contribution is 5.93. The summed E-state index contributed by atoms with van der Waals surface area (Å²) in [6.45, 7) is 0.716. The summed E-state index contributed by atoms with van der Waals surface area (Å²) in [5.74, 6) is 0.356. The lowest BCUT2D eigenvalue weighted by Gasteiger charge is -2.08. The lowest BCUT2D eigenvalue weighted by Crippen LogP contribution is -2.24. The van der Waals surface area contributed by atoms with Crippen LogP contribution in [0.5, 0.6) is 5.75 Å². The van der Waals surface area contributed by atoms with Crippen molar-refractivity contribution in [2.24, 2.45) is 0 Å². The molecule has 1 heterocycles. The molecule has 1 amide bonds. The molecular weight excluding hydrogens is 369 g/mol. The number of ether oxygens (including phenoxy) is 1. The monoisotopic (exact) mass is 389 g/mol. The molecule has 29 heavy (non-hydrogen) atoms. The van der Waals surface area contributed by atoms with Gasteiger partial charge < -0.3 is 10.1 Å². The molecule has 0 spiro atoms. The van der Waals surface area contributed by atoms with E-state index in [1.807, 2.05) is 54.6 Å². The molecule has 2 N–H and O–H groups in total. The van der Waals surface area contributed by atoms with Crippen molar-refractivity contribution in [1.82, 2.24) is 15.5 Å². The summed E-state index contributed by atoms with van der Waals surface area (Å²) in [5, 5.41) is 11.1. The molecule has 0 aliphatic rings. The Balaban J connectivity index is 1.38. The van der Waals surface area contributed by atoms with Crippen LogP contribution >= 0.6 is 0 Å². The van der Waals surface area contributed by atoms with E-state index in [2.05, 4.69) is 15.5 Å². The molecule has 0 fully saturated rings. The van der Waals surface area contributed by atoms with Crippen LogP contribution in [0.15, 0.2) is 72.8 Å². The molecule has 0 unspecified atom stereocenters. The summed E-state index contributed by atoms with van der Waals surface area (Å²) in [5.41, 5.74) is 3.18. The van der Waals surface area contributed by atoms with Crippen LogP contribution in [-0.4, -0.2) is 22.7 Å². The smallest absolute Gasteiger partial charge is 0.223 e. The van der Waals surface area contributed by atoms with Crippen LogP contribution in [0.1, 0.15) is 12.0 Å². The first-order valence-corrected chi connectivity index (χ1v) is 9.36. The average molecular weight is 389 g/mol. The Hall–Kier alpha value is -3.67. The fourth-order valence-corrected chi connectivity index (χ4v) is 3.09. The SMILES string of the molecule is O=C(CCOc1ccccc1)NCc1ccc2[nH]nc(-c3cccc(F)c3)c2c1. The van der Waals surface area contributed by atoms with Gasteiger partial charge in [-0.15, -0.1) is 0 Å². The highest BCUT2D eigenvalue weighted by Gasteiger charge is 2.10. The van der Waals surface area contributed by atoms with Crippen molar-refractivity contribution in [1.29, 1.82) is 0 Å². The zero-order valence-electron chi connectivity index (χ0n) is 15.7. The number of fused-ring (bicyclic) bond motifs is 1. The van der Waals surface area contributed by atoms with Gasteiger partial charge in [0.05, 0.1) is 18.5 Å². The van der Waals surface area contributed by atoms with Crippen LogP contribution in [0.4, 0.5) is 4.39 Å². The second kappa shape index (κ2) is 8.56. The molecule has 0 aliphatic heterocycles. The number of aromatic amines is 1. The van der Waals surface area contributed by atoms with Crippen molar-refractivity contribution in [2.75, 3.05) is 6.61 Å². The minimum Gasteiger partial charge on any atom is -0.493 e. The van der Waals surface area contributed by atoms with Crippen molar-refractivity contribution in [3.63, 3.8) is 0 Å². The molecule has 4 aromatic rings. The highest BCUT2D eigenvalue weighted by Crippen LogP contribution is 2.27. The number of nitrogens with one attached hydrogen (secondary N) is 2. The highest BCUT2D eigenvalue weighted by atomic mass is 19.1. The summed E-state index contributed by atoms with van der Waals surface area (Å²) >= 11 is 0. The summed E-state index contributed by atoms with van der Waals surface area (Å²) in [6, 6.07) is 21.5. The van der Waals surface area contributed by atoms with Gasteiger partial charge in [0, 0.05) is 17.5 Å². The molecule has 3 aromatic carbocycles. The Morgan fingerprint density at radius 1 is 1.03 bits per heavy atom. The first-order chi connectivity index (χ1) is 14.2. The second-order valence-corrected chi connectivity index (χ2v) is 6.65. The number of hydrogen-bond donors (Lipinski definition) is 2. The van der Waals surface area contributed by atoms with E-state index in [9.17, 15) is 9.18 Å². The quantitative estimate of drug-likeness (QED) is 0.491. The zero-order valence-corrected chi connectivity index (χ0v) is 15.7. The number of halogens is 1. The molecule has 6 heteroatoms. The van der Waals surface area contributed by atoms with E-state index >= 15 is 0 Å². The van der Waals surface area contributed by atoms with Gasteiger partial charge in [-0.1, -0.05) is 36.4 Å². The van der Waals surface area contributed by atoms with Gasteiger partial charge in [0.1, 0.15) is 17.3 Å². The Morgan fingerprint density at radius 2 is 1.90 bits per heavy atom. The molecule has 146 valence electrons. The number of amides is 1. The number of aromatic nitrogens is 2. The van der Waals surface area contributed by atoms with Gasteiger partial charge in [0.15, 0.2) is 0 Å². The van der Waals surface area contributed by atoms with Crippen LogP contribution in [-0.2, 0) is 11.3 Å². The molecule has 4 rings (SSSR count). The van der Waals surface area contributed by atoms with Crippen LogP contribution in [0.2, 0.25) is 0 Å². The topological polar surface area (TPSA) is 67.0 Å². The number of rotatable bonds is 7. The Labute approximate surface area is 167 Å². The summed E-state index contributed by atoms with van der Waals surface area (Å²) < 4.78 is 19.1. The molecule has 0 saturated heterocycles. The third kappa shape index (κ3) is 4.60. The number of hydrogen-bond acceptors (Lipinski definition) is 3. The van der Waals surface area contributed by atoms with Crippen molar-refractivity contribution in [3.8, 4) is 17.0 Å². The number of para-hydroxylation sites is 1. The van der Waals surface area contributed by atoms with Gasteiger partial charge in [-0.05, 0) is 42.0 Å². The van der Waals surface area contributed by atoms with Crippen LogP contribution in [0.25, 0.3) is 22.2 Å². The van der Waals surface area contributed by atoms with Gasteiger partial charge in [0.25, 0.3) is 0 Å². The Bertz CT molecular complexity index is 1130. The van der Waals surface area contributed by atoms with Gasteiger partial charge in [-0.25, -0.2) is 4.39 Å². The number of carbonyl (C=O) groups excluding carboxylic acids is 1. The zero-order chi connectivity index (χ0) is 20.1. The van der Waals surface area contributed by atoms with E-state index in [0.29, 0.717) is 24.4 Å². The normalized spacial score (nSPS) is 10.8. The molecule has 0 aliphatic carbocycles. The lowest BCUT2D eigenvalue weighted by molar-refractivity contribution is -0.121. The Morgan fingerprint density at radius 3 is 2.72 bits per heavy atom. The maximum absolute atomic E-state index is 13.6. The minimum absolute atomic E-state index is 0.0847. The van der Waals surface area contributed by atoms with E-state index in [1.54, 1.807) is 6.07 Å². The molecule has 5 nitrogen and oxygen atoms in total. The van der Waals surface area contributed by atoms with E-state index in [4.69, 9.17) is 4.74 Å². The number of carbonyl (C=O) groups is 1. The van der Waals surface area contributed by atoms with Gasteiger partial charge >= 0.3 is 0 Å². The van der Waals surface area contributed by atoms with E-state index in [0.717, 1.165) is 22.2 Å². The van der Waals surface area contributed by atoms with E-state index < -0.39 is 0 Å². The third-order valence-corrected chi connectivity index (χ3v) is 4.56. The number of nitrogens with zero attached hydrogens (tertiary/aromatic N) is 1. The van der Waals surface area contributed by atoms with Crippen LogP contribution < -0.4 is 10.1 Å². The summed E-state index contributed by atoms with van der Waals surface area (Å²) in [7, 11) is 0. The standard InChI is InChI=1S/C23H20FN3O2/c24-18-6-4-5-17(14-18)23-20-13-16(9-10-21(20)26-27-23)15-25-22(28)11-12-29-19-7-2-1-3-8-19/h1-10,13-14H,11-12,15H2,(H,25,28)(H,26,27). The third-order valence-electron chi connectivity index (χ3n) is 4.56. The lowest BCUT2D eigenvalue weighted by atomic mass is 10.1. The molecular formula is C23H20FN3O2. The summed E-state index contributed by atoms with van der Waals surface area (Å²) in [4.78, 5) is 12.1. The first-order valence-electron chi connectivity index (χ1n) is 9.36. The van der Waals surface area contributed by atoms with E-state index in [-0.39, 0.29) is 18.1 Å². The fraction of sp³-hybridized carbons (Fsp3) is 0.130. The number of H-pyrrole nitrogens is 1. The molecule has 0 radical (unpaired) electrons. The maximum Gasteiger partial charge on any atom is 0.223 e. The summed E-state index contributed by atoms with van der Waals surface area (Å²) in [6.07, 6.45) is 0.275. The minimum atomic E-state index is -0.306. The largest absolute Gasteiger partial charge is 0.493 e. The van der Waals surface area contributed by atoms with Crippen LogP contribution in [0.3, 0.4) is 0 Å². The van der Waals surface area contributed by atoms with Gasteiger partial charge in [-0.2, -0.15) is 5.10 Å². The van der Waals surface area contributed by atoms with Crippen molar-refractivity contribution in [3.05, 3.63) is 84.2 Å². The predicted molar refractivity (Wildman–Crippen MR) is 110 cm³/mol. The van der Waals surface area contributed by atoms with Gasteiger partial charge in [0.2, 0.25) is 5.91 Å².